The number of amides is 1. The summed E-state index contributed by atoms with van der Waals surface area (Å²) >= 11 is 0. The third-order valence-electron chi connectivity index (χ3n) is 5.05. The highest BCUT2D eigenvalue weighted by Crippen LogP contribution is 2.24. The number of rotatable bonds is 4. The van der Waals surface area contributed by atoms with Gasteiger partial charge in [-0.1, -0.05) is 24.3 Å². The van der Waals surface area contributed by atoms with Gasteiger partial charge in [0.2, 0.25) is 0 Å². The molecule has 0 fully saturated rings. The lowest BCUT2D eigenvalue weighted by atomic mass is 9.99. The molecule has 2 aromatic carbocycles. The minimum atomic E-state index is -0.414. The van der Waals surface area contributed by atoms with Crippen molar-refractivity contribution in [2.45, 2.75) is 13.0 Å². The first kappa shape index (κ1) is 18.7. The number of fused-ring (bicyclic) bond motifs is 1. The van der Waals surface area contributed by atoms with Crippen LogP contribution in [0, 0.1) is 0 Å². The molecule has 6 heteroatoms. The molecule has 1 N–H and O–H groups in total. The van der Waals surface area contributed by atoms with E-state index >= 15 is 0 Å². The van der Waals surface area contributed by atoms with Gasteiger partial charge in [0.25, 0.3) is 5.91 Å². The van der Waals surface area contributed by atoms with Gasteiger partial charge in [0.05, 0.1) is 30.1 Å². The number of nitrogens with zero attached hydrogens (tertiary/aromatic N) is 2. The van der Waals surface area contributed by atoms with Gasteiger partial charge in [-0.2, -0.15) is 0 Å². The lowest BCUT2D eigenvalue weighted by molar-refractivity contribution is 0.0600. The molecule has 0 spiro atoms. The molecule has 0 unspecified atom stereocenters. The summed E-state index contributed by atoms with van der Waals surface area (Å²) in [6, 6.07) is 16.9. The summed E-state index contributed by atoms with van der Waals surface area (Å²) < 4.78 is 4.68. The highest BCUT2D eigenvalue weighted by molar-refractivity contribution is 6.04. The number of carbonyl (C=O) groups excluding carboxylic acids is 2. The smallest absolute Gasteiger partial charge is 0.337 e. The van der Waals surface area contributed by atoms with E-state index < -0.39 is 5.97 Å². The molecular weight excluding hydrogens is 366 g/mol. The van der Waals surface area contributed by atoms with Crippen LogP contribution >= 0.6 is 0 Å². The van der Waals surface area contributed by atoms with Crippen molar-refractivity contribution in [3.63, 3.8) is 0 Å². The molecule has 1 aliphatic heterocycles. The third kappa shape index (κ3) is 4.11. The predicted molar refractivity (Wildman–Crippen MR) is 111 cm³/mol. The molecular formula is C23H21N3O3. The van der Waals surface area contributed by atoms with Crippen LogP contribution in [0.4, 0.5) is 11.4 Å². The van der Waals surface area contributed by atoms with Crippen LogP contribution in [0.25, 0.3) is 0 Å². The van der Waals surface area contributed by atoms with Crippen molar-refractivity contribution >= 4 is 23.3 Å². The Bertz CT molecular complexity index is 1050. The number of ether oxygens (including phenoxy) is 1. The number of nitrogens with one attached hydrogen (secondary N) is 1. The molecule has 1 amide bonds. The zero-order valence-electron chi connectivity index (χ0n) is 16.1. The molecule has 0 aliphatic carbocycles. The Hall–Kier alpha value is -3.67. The highest BCUT2D eigenvalue weighted by atomic mass is 16.5. The van der Waals surface area contributed by atoms with E-state index in [1.165, 1.54) is 18.2 Å². The number of anilines is 2. The highest BCUT2D eigenvalue weighted by Gasteiger charge is 2.18. The van der Waals surface area contributed by atoms with E-state index in [0.29, 0.717) is 16.8 Å². The molecule has 6 nitrogen and oxygen atoms in total. The fourth-order valence-electron chi connectivity index (χ4n) is 3.45. The molecule has 4 rings (SSSR count). The summed E-state index contributed by atoms with van der Waals surface area (Å²) in [7, 11) is 1.33. The second kappa shape index (κ2) is 8.14. The monoisotopic (exact) mass is 387 g/mol. The molecule has 2 heterocycles. The maximum atomic E-state index is 12.7. The fraction of sp³-hybridized carbons (Fsp3) is 0.174. The SMILES string of the molecule is COC(=O)c1ccc(NC(=O)c2cncc(N3CCc4ccccc4C3)c2)cc1. The lowest BCUT2D eigenvalue weighted by Gasteiger charge is -2.30. The normalized spacial score (nSPS) is 12.8. The number of methoxy groups -OCH3 is 1. The van der Waals surface area contributed by atoms with Crippen LogP contribution in [0.15, 0.2) is 67.0 Å². The van der Waals surface area contributed by atoms with Gasteiger partial charge in [-0.25, -0.2) is 4.79 Å². The summed E-state index contributed by atoms with van der Waals surface area (Å²) in [6.45, 7) is 1.69. The number of pyridine rings is 1. The van der Waals surface area contributed by atoms with Crippen LogP contribution < -0.4 is 10.2 Å². The van der Waals surface area contributed by atoms with Crippen LogP contribution in [0.3, 0.4) is 0 Å². The molecule has 0 saturated heterocycles. The molecule has 0 bridgehead atoms. The summed E-state index contributed by atoms with van der Waals surface area (Å²) in [4.78, 5) is 30.7. The van der Waals surface area contributed by atoms with Crippen LogP contribution in [-0.2, 0) is 17.7 Å². The Morgan fingerprint density at radius 3 is 2.52 bits per heavy atom. The fourth-order valence-corrected chi connectivity index (χ4v) is 3.45. The number of hydrogen-bond acceptors (Lipinski definition) is 5. The van der Waals surface area contributed by atoms with Gasteiger partial charge < -0.3 is 15.0 Å². The van der Waals surface area contributed by atoms with Gasteiger partial charge in [0.15, 0.2) is 0 Å². The zero-order chi connectivity index (χ0) is 20.2. The minimum Gasteiger partial charge on any atom is -0.465 e. The van der Waals surface area contributed by atoms with Crippen LogP contribution in [-0.4, -0.2) is 30.5 Å². The van der Waals surface area contributed by atoms with E-state index in [2.05, 4.69) is 44.2 Å². The Morgan fingerprint density at radius 2 is 1.76 bits per heavy atom. The van der Waals surface area contributed by atoms with Gasteiger partial charge in [-0.3, -0.25) is 9.78 Å². The minimum absolute atomic E-state index is 0.248. The van der Waals surface area contributed by atoms with Crippen molar-refractivity contribution < 1.29 is 14.3 Å². The quantitative estimate of drug-likeness (QED) is 0.692. The topological polar surface area (TPSA) is 71.5 Å². The van der Waals surface area contributed by atoms with Gasteiger partial charge in [0.1, 0.15) is 0 Å². The molecule has 1 aliphatic rings. The maximum Gasteiger partial charge on any atom is 0.337 e. The molecule has 3 aromatic rings. The van der Waals surface area contributed by atoms with Crippen molar-refractivity contribution in [1.82, 2.24) is 4.98 Å². The number of esters is 1. The van der Waals surface area contributed by atoms with Gasteiger partial charge in [-0.05, 0) is 47.9 Å². The molecule has 29 heavy (non-hydrogen) atoms. The van der Waals surface area contributed by atoms with E-state index in [9.17, 15) is 9.59 Å². The maximum absolute atomic E-state index is 12.7. The van der Waals surface area contributed by atoms with E-state index in [1.54, 1.807) is 36.7 Å². The van der Waals surface area contributed by atoms with E-state index in [1.807, 2.05) is 6.07 Å². The van der Waals surface area contributed by atoms with Crippen molar-refractivity contribution in [3.8, 4) is 0 Å². The second-order valence-electron chi connectivity index (χ2n) is 6.90. The molecule has 146 valence electrons. The molecule has 0 atom stereocenters. The van der Waals surface area contributed by atoms with Crippen molar-refractivity contribution in [2.75, 3.05) is 23.9 Å². The largest absolute Gasteiger partial charge is 0.465 e. The Kier molecular flexibility index (Phi) is 5.24. The standard InChI is InChI=1S/C23H21N3O3/c1-29-23(28)17-6-8-20(9-7-17)25-22(27)19-12-21(14-24-13-19)26-11-10-16-4-2-3-5-18(16)15-26/h2-9,12-14H,10-11,15H2,1H3,(H,25,27). The zero-order valence-corrected chi connectivity index (χ0v) is 16.1. The van der Waals surface area contributed by atoms with Crippen molar-refractivity contribution in [2.24, 2.45) is 0 Å². The van der Waals surface area contributed by atoms with Gasteiger partial charge in [0, 0.05) is 25.0 Å². The predicted octanol–water partition coefficient (Wildman–Crippen LogP) is 3.68. The van der Waals surface area contributed by atoms with Crippen molar-refractivity contribution in [1.29, 1.82) is 0 Å². The van der Waals surface area contributed by atoms with E-state index in [4.69, 9.17) is 0 Å². The molecule has 0 radical (unpaired) electrons. The second-order valence-corrected chi connectivity index (χ2v) is 6.90. The van der Waals surface area contributed by atoms with Crippen LogP contribution in [0.5, 0.6) is 0 Å². The third-order valence-corrected chi connectivity index (χ3v) is 5.05. The number of aromatic nitrogens is 1. The van der Waals surface area contributed by atoms with Crippen molar-refractivity contribution in [3.05, 3.63) is 89.2 Å². The first-order valence-electron chi connectivity index (χ1n) is 9.40. The molecule has 0 saturated carbocycles. The van der Waals surface area contributed by atoms with Gasteiger partial charge in [-0.15, -0.1) is 0 Å². The number of hydrogen-bond donors (Lipinski definition) is 1. The summed E-state index contributed by atoms with van der Waals surface area (Å²) in [5, 5.41) is 2.84. The lowest BCUT2D eigenvalue weighted by Crippen LogP contribution is -2.30. The molecule has 1 aromatic heterocycles. The Labute approximate surface area is 169 Å². The average molecular weight is 387 g/mol. The Balaban J connectivity index is 1.47. The number of carbonyl (C=O) groups is 2. The van der Waals surface area contributed by atoms with Gasteiger partial charge >= 0.3 is 5.97 Å². The van der Waals surface area contributed by atoms with E-state index in [0.717, 1.165) is 25.2 Å². The first-order chi connectivity index (χ1) is 14.1. The summed E-state index contributed by atoms with van der Waals surface area (Å²) in [6.07, 6.45) is 4.31. The summed E-state index contributed by atoms with van der Waals surface area (Å²) in [5.41, 5.74) is 5.12. The Morgan fingerprint density at radius 1 is 1.00 bits per heavy atom. The van der Waals surface area contributed by atoms with Crippen LogP contribution in [0.2, 0.25) is 0 Å². The summed E-state index contributed by atoms with van der Waals surface area (Å²) in [5.74, 6) is -0.662. The first-order valence-corrected chi connectivity index (χ1v) is 9.40. The average Bonchev–Trinajstić information content (AvgIpc) is 2.78. The van der Waals surface area contributed by atoms with E-state index in [-0.39, 0.29) is 5.91 Å². The number of benzene rings is 2. The van der Waals surface area contributed by atoms with Crippen LogP contribution in [0.1, 0.15) is 31.8 Å².